The van der Waals surface area contributed by atoms with E-state index in [-0.39, 0.29) is 29.7 Å². The van der Waals surface area contributed by atoms with Crippen molar-refractivity contribution in [2.45, 2.75) is 32.1 Å². The van der Waals surface area contributed by atoms with Crippen molar-refractivity contribution < 1.29 is 22.1 Å². The summed E-state index contributed by atoms with van der Waals surface area (Å²) in [7, 11) is -3.93. The zero-order valence-electron chi connectivity index (χ0n) is 14.9. The Labute approximate surface area is 152 Å². The fourth-order valence-corrected chi connectivity index (χ4v) is 3.62. The van der Waals surface area contributed by atoms with Crippen LogP contribution < -0.4 is 5.32 Å². The molecule has 0 aliphatic heterocycles. The van der Waals surface area contributed by atoms with Crippen molar-refractivity contribution in [3.8, 4) is 0 Å². The molecule has 0 aliphatic rings. The smallest absolute Gasteiger partial charge is 0.243 e. The molecular formula is C17H22FN3O4S. The number of carbonyl (C=O) groups is 1. The highest BCUT2D eigenvalue weighted by atomic mass is 32.2. The number of hydrogen-bond acceptors (Lipinski definition) is 5. The second kappa shape index (κ2) is 8.41. The lowest BCUT2D eigenvalue weighted by Crippen LogP contribution is -2.39. The van der Waals surface area contributed by atoms with Crippen LogP contribution in [-0.2, 0) is 14.8 Å². The molecule has 1 N–H and O–H groups in total. The van der Waals surface area contributed by atoms with Crippen molar-refractivity contribution in [3.05, 3.63) is 41.9 Å². The molecule has 0 unspecified atom stereocenters. The van der Waals surface area contributed by atoms with Gasteiger partial charge in [-0.15, -0.1) is 0 Å². The van der Waals surface area contributed by atoms with Crippen LogP contribution in [-0.4, -0.2) is 36.9 Å². The summed E-state index contributed by atoms with van der Waals surface area (Å²) in [6, 6.07) is 6.06. The summed E-state index contributed by atoms with van der Waals surface area (Å²) >= 11 is 0. The van der Waals surface area contributed by atoms with Gasteiger partial charge in [-0.25, -0.2) is 12.8 Å². The average Bonchev–Trinajstić information content (AvgIpc) is 2.96. The standard InChI is InChI=1S/C17H22FN3O4S/c1-12(2)8-9-21(11-17(22)19-16-10-13(3)25-20-16)26(23,24)15-6-4-14(18)5-7-15/h4-7,10,12H,8-9,11H2,1-3H3,(H,19,20,22). The highest BCUT2D eigenvalue weighted by Crippen LogP contribution is 2.18. The number of benzene rings is 1. The molecule has 142 valence electrons. The summed E-state index contributed by atoms with van der Waals surface area (Å²) in [5.41, 5.74) is 0. The Bertz CT molecular complexity index is 847. The minimum atomic E-state index is -3.93. The van der Waals surface area contributed by atoms with E-state index in [4.69, 9.17) is 4.52 Å². The van der Waals surface area contributed by atoms with Crippen molar-refractivity contribution in [2.75, 3.05) is 18.4 Å². The number of aromatic nitrogens is 1. The molecule has 0 radical (unpaired) electrons. The van der Waals surface area contributed by atoms with Crippen molar-refractivity contribution in [3.63, 3.8) is 0 Å². The molecule has 0 atom stereocenters. The Morgan fingerprint density at radius 2 is 1.96 bits per heavy atom. The van der Waals surface area contributed by atoms with Crippen LogP contribution in [0.4, 0.5) is 10.2 Å². The Kier molecular flexibility index (Phi) is 6.49. The van der Waals surface area contributed by atoms with Gasteiger partial charge in [-0.1, -0.05) is 19.0 Å². The van der Waals surface area contributed by atoms with Gasteiger partial charge in [0, 0.05) is 12.6 Å². The van der Waals surface area contributed by atoms with Crippen LogP contribution in [0.2, 0.25) is 0 Å². The van der Waals surface area contributed by atoms with Gasteiger partial charge in [-0.2, -0.15) is 4.31 Å². The molecule has 26 heavy (non-hydrogen) atoms. The number of hydrogen-bond donors (Lipinski definition) is 1. The molecule has 2 rings (SSSR count). The maximum absolute atomic E-state index is 13.1. The van der Waals surface area contributed by atoms with E-state index >= 15 is 0 Å². The number of nitrogens with zero attached hydrogens (tertiary/aromatic N) is 2. The van der Waals surface area contributed by atoms with E-state index in [0.29, 0.717) is 12.2 Å². The van der Waals surface area contributed by atoms with E-state index in [1.54, 1.807) is 6.92 Å². The zero-order chi connectivity index (χ0) is 19.3. The maximum atomic E-state index is 13.1. The lowest BCUT2D eigenvalue weighted by Gasteiger charge is -2.22. The number of carbonyl (C=O) groups excluding carboxylic acids is 1. The first-order chi connectivity index (χ1) is 12.2. The minimum Gasteiger partial charge on any atom is -0.360 e. The summed E-state index contributed by atoms with van der Waals surface area (Å²) in [5.74, 6) is -0.0712. The van der Waals surface area contributed by atoms with Crippen molar-refractivity contribution in [1.29, 1.82) is 0 Å². The predicted octanol–water partition coefficient (Wildman–Crippen LogP) is 2.80. The van der Waals surface area contributed by atoms with Crippen LogP contribution >= 0.6 is 0 Å². The second-order valence-corrected chi connectivity index (χ2v) is 8.28. The summed E-state index contributed by atoms with van der Waals surface area (Å²) in [4.78, 5) is 12.2. The average molecular weight is 383 g/mol. The van der Waals surface area contributed by atoms with Gasteiger partial charge >= 0.3 is 0 Å². The monoisotopic (exact) mass is 383 g/mol. The fraction of sp³-hybridized carbons (Fsp3) is 0.412. The number of sulfonamides is 1. The van der Waals surface area contributed by atoms with Crippen molar-refractivity contribution in [2.24, 2.45) is 5.92 Å². The van der Waals surface area contributed by atoms with E-state index in [1.165, 1.54) is 18.2 Å². The third-order valence-electron chi connectivity index (χ3n) is 3.62. The SMILES string of the molecule is Cc1cc(NC(=O)CN(CCC(C)C)S(=O)(=O)c2ccc(F)cc2)no1. The normalized spacial score (nSPS) is 11.9. The van der Waals surface area contributed by atoms with Gasteiger partial charge in [0.15, 0.2) is 5.82 Å². The van der Waals surface area contributed by atoms with E-state index in [0.717, 1.165) is 16.4 Å². The van der Waals surface area contributed by atoms with Crippen LogP contribution in [0, 0.1) is 18.7 Å². The number of amides is 1. The molecule has 0 spiro atoms. The number of nitrogens with one attached hydrogen (secondary N) is 1. The molecule has 7 nitrogen and oxygen atoms in total. The summed E-state index contributed by atoms with van der Waals surface area (Å²) in [6.07, 6.45) is 0.580. The molecule has 2 aromatic rings. The van der Waals surface area contributed by atoms with Gasteiger partial charge < -0.3 is 9.84 Å². The van der Waals surface area contributed by atoms with Gasteiger partial charge in [0.1, 0.15) is 11.6 Å². The molecule has 1 amide bonds. The van der Waals surface area contributed by atoms with Crippen molar-refractivity contribution >= 4 is 21.7 Å². The molecule has 1 aromatic carbocycles. The Balaban J connectivity index is 2.18. The Hall–Kier alpha value is -2.26. The summed E-state index contributed by atoms with van der Waals surface area (Å²) in [6.45, 7) is 5.39. The molecule has 0 saturated heterocycles. The Morgan fingerprint density at radius 1 is 1.31 bits per heavy atom. The van der Waals surface area contributed by atoms with E-state index in [2.05, 4.69) is 10.5 Å². The lowest BCUT2D eigenvalue weighted by atomic mass is 10.1. The largest absolute Gasteiger partial charge is 0.360 e. The van der Waals surface area contributed by atoms with Gasteiger partial charge in [-0.05, 0) is 43.5 Å². The predicted molar refractivity (Wildman–Crippen MR) is 94.5 cm³/mol. The topological polar surface area (TPSA) is 92.5 Å². The lowest BCUT2D eigenvalue weighted by molar-refractivity contribution is -0.116. The summed E-state index contributed by atoms with van der Waals surface area (Å²) < 4.78 is 44.7. The first kappa shape index (κ1) is 20.1. The number of anilines is 1. The molecule has 0 fully saturated rings. The number of rotatable bonds is 8. The first-order valence-corrected chi connectivity index (χ1v) is 9.61. The van der Waals surface area contributed by atoms with Crippen LogP contribution in [0.1, 0.15) is 26.0 Å². The van der Waals surface area contributed by atoms with Gasteiger partial charge in [0.25, 0.3) is 0 Å². The Morgan fingerprint density at radius 3 is 2.50 bits per heavy atom. The third-order valence-corrected chi connectivity index (χ3v) is 5.48. The minimum absolute atomic E-state index is 0.0623. The van der Waals surface area contributed by atoms with Crippen molar-refractivity contribution in [1.82, 2.24) is 9.46 Å². The van der Waals surface area contributed by atoms with Crippen LogP contribution in [0.3, 0.4) is 0 Å². The molecule has 0 aliphatic carbocycles. The van der Waals surface area contributed by atoms with Gasteiger partial charge in [-0.3, -0.25) is 4.79 Å². The van der Waals surface area contributed by atoms with Gasteiger partial charge in [0.2, 0.25) is 15.9 Å². The highest BCUT2D eigenvalue weighted by Gasteiger charge is 2.27. The van der Waals surface area contributed by atoms with E-state index in [9.17, 15) is 17.6 Å². The molecule has 9 heteroatoms. The van der Waals surface area contributed by atoms with E-state index < -0.39 is 21.7 Å². The molecule has 0 bridgehead atoms. The second-order valence-electron chi connectivity index (χ2n) is 6.35. The molecule has 0 saturated carbocycles. The zero-order valence-corrected chi connectivity index (χ0v) is 15.7. The molecule has 1 aromatic heterocycles. The van der Waals surface area contributed by atoms with E-state index in [1.807, 2.05) is 13.8 Å². The number of aryl methyl sites for hydroxylation is 1. The fourth-order valence-electron chi connectivity index (χ4n) is 2.21. The van der Waals surface area contributed by atoms with Gasteiger partial charge in [0.05, 0.1) is 11.4 Å². The maximum Gasteiger partial charge on any atom is 0.243 e. The van der Waals surface area contributed by atoms with Crippen LogP contribution in [0.5, 0.6) is 0 Å². The first-order valence-electron chi connectivity index (χ1n) is 8.17. The quantitative estimate of drug-likeness (QED) is 0.757. The number of halogens is 1. The van der Waals surface area contributed by atoms with Crippen LogP contribution in [0.15, 0.2) is 39.8 Å². The molecule has 1 heterocycles. The third kappa shape index (κ3) is 5.37. The summed E-state index contributed by atoms with van der Waals surface area (Å²) in [5, 5.41) is 6.15. The molecular weight excluding hydrogens is 361 g/mol. The van der Waals surface area contributed by atoms with Crippen LogP contribution in [0.25, 0.3) is 0 Å². The highest BCUT2D eigenvalue weighted by molar-refractivity contribution is 7.89.